The van der Waals surface area contributed by atoms with Crippen LogP contribution in [0.5, 0.6) is 0 Å². The van der Waals surface area contributed by atoms with E-state index < -0.39 is 0 Å². The van der Waals surface area contributed by atoms with E-state index in [1.807, 2.05) is 23.1 Å². The number of aromatic nitrogens is 1. The zero-order chi connectivity index (χ0) is 79.7. The summed E-state index contributed by atoms with van der Waals surface area (Å²) >= 11 is 2.07. The van der Waals surface area contributed by atoms with Crippen LogP contribution in [0, 0.1) is 34.0 Å². The van der Waals surface area contributed by atoms with Gasteiger partial charge in [0.2, 0.25) is 11.8 Å². The summed E-state index contributed by atoms with van der Waals surface area (Å²) in [4.78, 5) is 44.6. The number of benzene rings is 1. The van der Waals surface area contributed by atoms with Crippen LogP contribution in [0.25, 0.3) is 10.9 Å². The number of methoxy groups -OCH3 is 1. The maximum atomic E-state index is 11.1. The van der Waals surface area contributed by atoms with Gasteiger partial charge < -0.3 is 53.5 Å². The van der Waals surface area contributed by atoms with E-state index >= 15 is 0 Å². The Bertz CT molecular complexity index is 2480. The summed E-state index contributed by atoms with van der Waals surface area (Å²) in [7, 11) is 4.03. The maximum Gasteiger partial charge on any atom is 0.219 e. The van der Waals surface area contributed by atoms with Crippen molar-refractivity contribution in [2.75, 3.05) is 157 Å². The van der Waals surface area contributed by atoms with E-state index in [1.54, 1.807) is 13.8 Å². The Labute approximate surface area is 661 Å². The van der Waals surface area contributed by atoms with Gasteiger partial charge in [0.25, 0.3) is 0 Å². The van der Waals surface area contributed by atoms with Gasteiger partial charge in [-0.3, -0.25) is 14.5 Å². The fourth-order valence-electron chi connectivity index (χ4n) is 14.7. The van der Waals surface area contributed by atoms with Crippen LogP contribution >= 0.6 is 11.8 Å². The SMILES string of the molecule is CC(=O)N1CCC(CCC(C)(C)C)CC1.CC(=O)N1CCC(OC(C)(C)C)CC1.CC(C)(C)CCc1ccc2[nH]ccc2c1.CC(C)(C)N1CCSCC1.CCCN1CCC(CCC(C)C)CC1.CCCN1CCC(OC(C)(C)C)CC1.CCCN1CCC(OC)CC1.CN1CCN(CCC(C)(C)C)CC1. The number of fused-ring (bicyclic) bond motifs is 1. The van der Waals surface area contributed by atoms with Gasteiger partial charge in [-0.05, 0) is 287 Å². The molecule has 1 N–H and O–H groups in total. The number of ether oxygens (including phenoxy) is 3. The first-order chi connectivity index (χ1) is 49.5. The van der Waals surface area contributed by atoms with E-state index in [9.17, 15) is 9.59 Å². The molecule has 7 fully saturated rings. The standard InChI is InChI=1S/C14H19N.C13H25NO.C13H27N.C12H25NO.C11H24N2.C11H21NO2.C9H19NO.C8H17NS/c1-14(2,3)8-6-11-4-5-13-12(10-11)7-9-15-13;1-11(15)14-9-6-12(7-10-14)5-8-13(2,3)4;1-4-9-14-10-7-13(8-11-14)6-5-12(2)3;1-5-8-13-9-6-11(7-10-13)14-12(2,3)4;1-11(2,3)5-6-13-9-7-12(4)8-10-13;1-9(13)12-7-5-10(6-8-12)14-11(2,3)4;1-3-6-10-7-4-9(11-2)5-8-10;1-8(2,3)9-4-6-10-7-5-9/h4-5,7,9-10,15H,6,8H2,1-3H3;12H,5-10H2,1-4H3;12-13H,4-11H2,1-3H3;11H,5-10H2,1-4H3;5-10H2,1-4H3;10H,5-8H2,1-4H3;9H,3-8H2,1-2H3;4-7H2,1-3H3. The number of hydrogen-bond acceptors (Lipinski definition) is 12. The van der Waals surface area contributed by atoms with Crippen molar-refractivity contribution >= 4 is 34.5 Å². The molecule has 7 aliphatic heterocycles. The van der Waals surface area contributed by atoms with E-state index in [0.717, 1.165) is 56.8 Å². The quantitative estimate of drug-likeness (QED) is 0.154. The minimum absolute atomic E-state index is 0.0254. The molecule has 0 spiro atoms. The highest BCUT2D eigenvalue weighted by Gasteiger charge is 2.28. The number of amides is 2. The summed E-state index contributed by atoms with van der Waals surface area (Å²) < 4.78 is 17.1. The van der Waals surface area contributed by atoms with E-state index in [2.05, 4.69) is 237 Å². The summed E-state index contributed by atoms with van der Waals surface area (Å²) in [6, 6.07) is 8.82. The molecule has 0 unspecified atom stereocenters. The number of piperidine rings is 5. The van der Waals surface area contributed by atoms with Gasteiger partial charge in [0.05, 0.1) is 29.5 Å². The van der Waals surface area contributed by atoms with Crippen molar-refractivity contribution in [3.63, 3.8) is 0 Å². The van der Waals surface area contributed by atoms with Crippen LogP contribution in [0.1, 0.15) is 301 Å². The molecular formula is C91H177N9O5S. The third kappa shape index (κ3) is 50.6. The smallest absolute Gasteiger partial charge is 0.219 e. The molecule has 622 valence electrons. The first kappa shape index (κ1) is 99.8. The number of nitrogens with one attached hydrogen (secondary N) is 1. The van der Waals surface area contributed by atoms with Crippen molar-refractivity contribution in [1.29, 1.82) is 0 Å². The number of nitrogens with zero attached hydrogens (tertiary/aromatic N) is 8. The Hall–Kier alpha value is -2.31. The van der Waals surface area contributed by atoms with Crippen LogP contribution in [0.4, 0.5) is 0 Å². The number of carbonyl (C=O) groups is 2. The van der Waals surface area contributed by atoms with Crippen LogP contribution in [0.2, 0.25) is 0 Å². The van der Waals surface area contributed by atoms with E-state index in [4.69, 9.17) is 14.2 Å². The van der Waals surface area contributed by atoms with Crippen molar-refractivity contribution in [2.24, 2.45) is 34.0 Å². The Morgan fingerprint density at radius 2 is 0.877 bits per heavy atom. The second-order valence-electron chi connectivity index (χ2n) is 39.5. The molecule has 0 atom stereocenters. The molecule has 0 radical (unpaired) electrons. The molecule has 0 aliphatic carbocycles. The number of thioether (sulfide) groups is 1. The summed E-state index contributed by atoms with van der Waals surface area (Å²) in [5, 5.41) is 1.32. The maximum absolute atomic E-state index is 11.1. The van der Waals surface area contributed by atoms with Crippen LogP contribution < -0.4 is 0 Å². The molecular weight excluding hydrogens is 1330 g/mol. The van der Waals surface area contributed by atoms with Crippen molar-refractivity contribution in [2.45, 2.75) is 337 Å². The monoisotopic (exact) mass is 1510 g/mol. The number of carbonyl (C=O) groups excluding carboxylic acids is 2. The molecule has 1 aromatic heterocycles. The average molecular weight is 1510 g/mol. The topological polar surface area (TPSA) is 104 Å². The minimum Gasteiger partial charge on any atom is -0.381 e. The van der Waals surface area contributed by atoms with Crippen LogP contribution in [-0.2, 0) is 30.2 Å². The molecule has 2 aromatic rings. The predicted molar refractivity (Wildman–Crippen MR) is 463 cm³/mol. The highest BCUT2D eigenvalue weighted by molar-refractivity contribution is 7.99. The molecule has 0 saturated carbocycles. The summed E-state index contributed by atoms with van der Waals surface area (Å²) in [6.45, 7) is 78.9. The molecule has 1 aromatic carbocycles. The van der Waals surface area contributed by atoms with Gasteiger partial charge in [-0.2, -0.15) is 11.8 Å². The number of aromatic amines is 1. The van der Waals surface area contributed by atoms with Gasteiger partial charge in [0.1, 0.15) is 0 Å². The Balaban J connectivity index is 0.000000413. The normalized spacial score (nSPS) is 19.8. The fourth-order valence-corrected chi connectivity index (χ4v) is 15.6. The molecule has 0 bridgehead atoms. The lowest BCUT2D eigenvalue weighted by Crippen LogP contribution is -2.45. The average Bonchev–Trinajstić information content (AvgIpc) is 1.72. The lowest BCUT2D eigenvalue weighted by Gasteiger charge is -2.37. The van der Waals surface area contributed by atoms with Gasteiger partial charge in [-0.15, -0.1) is 0 Å². The molecule has 2 amide bonds. The lowest BCUT2D eigenvalue weighted by molar-refractivity contribution is -0.134. The van der Waals surface area contributed by atoms with Gasteiger partial charge >= 0.3 is 0 Å². The zero-order valence-electron chi connectivity index (χ0n) is 75.1. The Kier molecular flexibility index (Phi) is 49.1. The first-order valence-electron chi connectivity index (χ1n) is 43.3. The number of hydrogen-bond donors (Lipinski definition) is 1. The zero-order valence-corrected chi connectivity index (χ0v) is 75.9. The number of likely N-dealkylation sites (tertiary alicyclic amines) is 5. The highest BCUT2D eigenvalue weighted by atomic mass is 32.2. The van der Waals surface area contributed by atoms with Crippen LogP contribution in [-0.4, -0.2) is 248 Å². The van der Waals surface area contributed by atoms with Gasteiger partial charge in [-0.25, -0.2) is 0 Å². The molecule has 14 nitrogen and oxygen atoms in total. The first-order valence-corrected chi connectivity index (χ1v) is 44.5. The van der Waals surface area contributed by atoms with Gasteiger partial charge in [0, 0.05) is 141 Å². The largest absolute Gasteiger partial charge is 0.381 e. The van der Waals surface area contributed by atoms with Crippen molar-refractivity contribution in [3.05, 3.63) is 36.0 Å². The molecule has 9 rings (SSSR count). The Morgan fingerprint density at radius 3 is 1.26 bits per heavy atom. The second kappa shape index (κ2) is 52.2. The highest BCUT2D eigenvalue weighted by Crippen LogP contribution is 2.31. The van der Waals surface area contributed by atoms with Gasteiger partial charge in [0.15, 0.2) is 0 Å². The summed E-state index contributed by atoms with van der Waals surface area (Å²) in [5.74, 6) is 5.83. The predicted octanol–water partition coefficient (Wildman–Crippen LogP) is 20.3. The van der Waals surface area contributed by atoms with E-state index in [-0.39, 0.29) is 23.0 Å². The lowest BCUT2D eigenvalue weighted by atomic mass is 9.83. The van der Waals surface area contributed by atoms with Crippen molar-refractivity contribution in [1.82, 2.24) is 44.2 Å². The number of piperazine rings is 1. The molecule has 15 heteroatoms. The van der Waals surface area contributed by atoms with E-state index in [0.29, 0.717) is 40.1 Å². The third-order valence-electron chi connectivity index (χ3n) is 21.7. The molecule has 7 aliphatic rings. The second-order valence-corrected chi connectivity index (χ2v) is 40.7. The third-order valence-corrected chi connectivity index (χ3v) is 22.6. The Morgan fingerprint density at radius 1 is 0.481 bits per heavy atom. The van der Waals surface area contributed by atoms with E-state index in [1.165, 1.54) is 248 Å². The fraction of sp³-hybridized carbons (Fsp3) is 0.890. The molecule has 8 heterocycles. The van der Waals surface area contributed by atoms with Crippen molar-refractivity contribution < 1.29 is 23.8 Å². The summed E-state index contributed by atoms with van der Waals surface area (Å²) in [6.07, 6.45) is 28.6. The van der Waals surface area contributed by atoms with Crippen LogP contribution in [0.3, 0.4) is 0 Å². The minimum atomic E-state index is -0.0664. The number of rotatable bonds is 18. The van der Waals surface area contributed by atoms with Crippen LogP contribution in [0.15, 0.2) is 30.5 Å². The number of aryl methyl sites for hydroxylation is 1. The van der Waals surface area contributed by atoms with Gasteiger partial charge in [-0.1, -0.05) is 116 Å². The summed E-state index contributed by atoms with van der Waals surface area (Å²) in [5.41, 5.74) is 4.39. The number of H-pyrrole nitrogens is 1. The van der Waals surface area contributed by atoms with Crippen molar-refractivity contribution in [3.8, 4) is 0 Å². The number of likely N-dealkylation sites (N-methyl/N-ethyl adjacent to an activating group) is 1. The molecule has 7 saturated heterocycles. The molecule has 106 heavy (non-hydrogen) atoms.